The molecular weight excluding hydrogens is 359 g/mol. The molecule has 0 unspecified atom stereocenters. The number of benzene rings is 3. The SMILES string of the molecule is CC(=O)c1ccc(-c2c3cc(F)c(=O)cc-3oc3cc(O)c(C)cc23)c(C)c1. The van der Waals surface area contributed by atoms with Crippen molar-refractivity contribution in [3.05, 3.63) is 75.2 Å². The van der Waals surface area contributed by atoms with Gasteiger partial charge < -0.3 is 9.52 Å². The normalized spacial score (nSPS) is 11.3. The van der Waals surface area contributed by atoms with Crippen LogP contribution < -0.4 is 5.43 Å². The minimum atomic E-state index is -0.864. The lowest BCUT2D eigenvalue weighted by molar-refractivity contribution is 0.101. The molecule has 0 saturated heterocycles. The van der Waals surface area contributed by atoms with Gasteiger partial charge in [0.2, 0.25) is 5.43 Å². The fourth-order valence-corrected chi connectivity index (χ4v) is 3.49. The molecule has 1 aliphatic heterocycles. The predicted molar refractivity (Wildman–Crippen MR) is 106 cm³/mol. The molecule has 0 aromatic heterocycles. The molecule has 28 heavy (non-hydrogen) atoms. The fraction of sp³-hybridized carbons (Fsp3) is 0.130. The molecular formula is C23H17FO4. The highest BCUT2D eigenvalue weighted by molar-refractivity contribution is 6.04. The van der Waals surface area contributed by atoms with E-state index in [9.17, 15) is 19.1 Å². The van der Waals surface area contributed by atoms with Crippen LogP contribution in [0.5, 0.6) is 5.75 Å². The summed E-state index contributed by atoms with van der Waals surface area (Å²) in [5.41, 5.74) is 3.60. The van der Waals surface area contributed by atoms with Crippen LogP contribution in [-0.4, -0.2) is 10.9 Å². The lowest BCUT2D eigenvalue weighted by Crippen LogP contribution is -2.07. The average Bonchev–Trinajstić information content (AvgIpc) is 2.63. The molecule has 0 atom stereocenters. The number of hydrogen-bond acceptors (Lipinski definition) is 4. The number of carbonyl (C=O) groups excluding carboxylic acids is 1. The van der Waals surface area contributed by atoms with Crippen LogP contribution in [0, 0.1) is 19.7 Å². The number of phenolic OH excluding ortho intramolecular Hbond substituents is 1. The van der Waals surface area contributed by atoms with Crippen molar-refractivity contribution in [3.63, 3.8) is 0 Å². The van der Waals surface area contributed by atoms with Crippen molar-refractivity contribution in [1.82, 2.24) is 0 Å². The second-order valence-corrected chi connectivity index (χ2v) is 6.98. The molecule has 140 valence electrons. The monoisotopic (exact) mass is 376 g/mol. The molecule has 2 aromatic carbocycles. The summed E-state index contributed by atoms with van der Waals surface area (Å²) in [7, 11) is 0. The van der Waals surface area contributed by atoms with Crippen molar-refractivity contribution in [2.75, 3.05) is 0 Å². The van der Waals surface area contributed by atoms with Crippen LogP contribution in [0.4, 0.5) is 4.39 Å². The number of aromatic hydroxyl groups is 1. The summed E-state index contributed by atoms with van der Waals surface area (Å²) >= 11 is 0. The van der Waals surface area contributed by atoms with E-state index in [0.29, 0.717) is 33.2 Å². The van der Waals surface area contributed by atoms with Gasteiger partial charge in [0, 0.05) is 34.2 Å². The average molecular weight is 376 g/mol. The maximum atomic E-state index is 14.1. The van der Waals surface area contributed by atoms with Crippen LogP contribution in [0.3, 0.4) is 0 Å². The van der Waals surface area contributed by atoms with E-state index in [1.54, 1.807) is 25.1 Å². The van der Waals surface area contributed by atoms with E-state index in [2.05, 4.69) is 0 Å². The first-order chi connectivity index (χ1) is 13.3. The number of Topliss-reactive ketones (excluding diaryl/α,β-unsaturated/α-hetero) is 1. The topological polar surface area (TPSA) is 67.5 Å². The quantitative estimate of drug-likeness (QED) is 0.384. The molecule has 1 aliphatic carbocycles. The molecule has 1 N–H and O–H groups in total. The zero-order chi connectivity index (χ0) is 20.2. The largest absolute Gasteiger partial charge is 0.508 e. The number of ketones is 1. The molecule has 0 fully saturated rings. The molecule has 4 nitrogen and oxygen atoms in total. The van der Waals surface area contributed by atoms with Gasteiger partial charge in [0.25, 0.3) is 0 Å². The summed E-state index contributed by atoms with van der Waals surface area (Å²) in [6.45, 7) is 5.13. The molecule has 2 aliphatic rings. The van der Waals surface area contributed by atoms with Crippen molar-refractivity contribution >= 4 is 16.8 Å². The Morgan fingerprint density at radius 2 is 1.75 bits per heavy atom. The lowest BCUT2D eigenvalue weighted by Gasteiger charge is -2.18. The second kappa shape index (κ2) is 6.30. The van der Waals surface area contributed by atoms with E-state index in [-0.39, 0.29) is 17.3 Å². The third kappa shape index (κ3) is 2.76. The summed E-state index contributed by atoms with van der Waals surface area (Å²) in [5, 5.41) is 10.8. The first-order valence-electron chi connectivity index (χ1n) is 8.78. The van der Waals surface area contributed by atoms with Crippen LogP contribution in [0.1, 0.15) is 28.4 Å². The maximum absolute atomic E-state index is 14.1. The molecule has 0 amide bonds. The Bertz CT molecular complexity index is 1300. The highest BCUT2D eigenvalue weighted by atomic mass is 19.1. The van der Waals surface area contributed by atoms with Gasteiger partial charge in [-0.15, -0.1) is 0 Å². The number of carbonyl (C=O) groups is 1. The first kappa shape index (κ1) is 17.9. The first-order valence-corrected chi connectivity index (χ1v) is 8.78. The van der Waals surface area contributed by atoms with Gasteiger partial charge in [-0.1, -0.05) is 12.1 Å². The number of halogens is 1. The number of fused-ring (bicyclic) bond motifs is 2. The Labute approximate surface area is 160 Å². The summed E-state index contributed by atoms with van der Waals surface area (Å²) in [5.74, 6) is -0.617. The lowest BCUT2D eigenvalue weighted by atomic mass is 9.89. The van der Waals surface area contributed by atoms with E-state index in [1.807, 2.05) is 13.0 Å². The molecule has 0 saturated carbocycles. The van der Waals surface area contributed by atoms with Crippen LogP contribution in [0.2, 0.25) is 0 Å². The zero-order valence-corrected chi connectivity index (χ0v) is 15.6. The molecule has 1 heterocycles. The molecule has 0 spiro atoms. The van der Waals surface area contributed by atoms with Gasteiger partial charge in [0.15, 0.2) is 11.6 Å². The number of hydrogen-bond donors (Lipinski definition) is 1. The van der Waals surface area contributed by atoms with Gasteiger partial charge in [-0.05, 0) is 55.7 Å². The minimum Gasteiger partial charge on any atom is -0.508 e. The van der Waals surface area contributed by atoms with E-state index < -0.39 is 11.2 Å². The van der Waals surface area contributed by atoms with Crippen LogP contribution in [0.25, 0.3) is 33.4 Å². The Morgan fingerprint density at radius 3 is 2.43 bits per heavy atom. The van der Waals surface area contributed by atoms with Gasteiger partial charge in [-0.2, -0.15) is 0 Å². The van der Waals surface area contributed by atoms with Crippen LogP contribution >= 0.6 is 0 Å². The van der Waals surface area contributed by atoms with Crippen molar-refractivity contribution < 1.29 is 18.7 Å². The smallest absolute Gasteiger partial charge is 0.217 e. The summed E-state index contributed by atoms with van der Waals surface area (Å²) in [6.07, 6.45) is 0. The van der Waals surface area contributed by atoms with Crippen molar-refractivity contribution in [2.45, 2.75) is 20.8 Å². The van der Waals surface area contributed by atoms with Crippen LogP contribution in [0.15, 0.2) is 51.7 Å². The van der Waals surface area contributed by atoms with Gasteiger partial charge in [-0.25, -0.2) is 4.39 Å². The van der Waals surface area contributed by atoms with E-state index >= 15 is 0 Å². The highest BCUT2D eigenvalue weighted by Gasteiger charge is 2.21. The molecule has 2 aromatic rings. The summed E-state index contributed by atoms with van der Waals surface area (Å²) < 4.78 is 19.9. The maximum Gasteiger partial charge on any atom is 0.217 e. The Kier molecular flexibility index (Phi) is 4.03. The Hall–Kier alpha value is -3.47. The summed E-state index contributed by atoms with van der Waals surface area (Å²) in [6, 6.07) is 10.9. The number of rotatable bonds is 2. The van der Waals surface area contributed by atoms with E-state index in [1.165, 1.54) is 19.1 Å². The van der Waals surface area contributed by atoms with E-state index in [4.69, 9.17) is 4.42 Å². The summed E-state index contributed by atoms with van der Waals surface area (Å²) in [4.78, 5) is 23.5. The third-order valence-electron chi connectivity index (χ3n) is 4.99. The third-order valence-corrected chi connectivity index (χ3v) is 4.99. The second-order valence-electron chi connectivity index (χ2n) is 6.98. The molecule has 0 radical (unpaired) electrons. The zero-order valence-electron chi connectivity index (χ0n) is 15.6. The van der Waals surface area contributed by atoms with Gasteiger partial charge in [0.1, 0.15) is 17.1 Å². The standard InChI is InChI=1S/C23H17FO4/c1-11-6-14(13(3)25)4-5-15(11)23-16-7-12(2)19(26)9-21(16)28-22-10-20(27)18(24)8-17(22)23/h4-10,26H,1-3H3. The fourth-order valence-electron chi connectivity index (χ4n) is 3.49. The van der Waals surface area contributed by atoms with E-state index in [0.717, 1.165) is 17.2 Å². The number of aryl methyl sites for hydroxylation is 2. The molecule has 0 bridgehead atoms. The van der Waals surface area contributed by atoms with Crippen molar-refractivity contribution in [1.29, 1.82) is 0 Å². The Balaban J connectivity index is 2.19. The number of phenols is 1. The van der Waals surface area contributed by atoms with Gasteiger partial charge >= 0.3 is 0 Å². The van der Waals surface area contributed by atoms with Crippen molar-refractivity contribution in [3.8, 4) is 28.2 Å². The van der Waals surface area contributed by atoms with Gasteiger partial charge in [-0.3, -0.25) is 9.59 Å². The molecule has 4 rings (SSSR count). The van der Waals surface area contributed by atoms with Gasteiger partial charge in [0.05, 0.1) is 0 Å². The Morgan fingerprint density at radius 1 is 1.00 bits per heavy atom. The van der Waals surface area contributed by atoms with Crippen LogP contribution in [-0.2, 0) is 0 Å². The van der Waals surface area contributed by atoms with Crippen molar-refractivity contribution in [2.24, 2.45) is 0 Å². The minimum absolute atomic E-state index is 0.0461. The molecule has 5 heteroatoms. The highest BCUT2D eigenvalue weighted by Crippen LogP contribution is 2.42. The predicted octanol–water partition coefficient (Wildman–Crippen LogP) is 5.23.